The lowest BCUT2D eigenvalue weighted by molar-refractivity contribution is -0.159. The maximum Gasteiger partial charge on any atom is 0.314 e. The lowest BCUT2D eigenvalue weighted by Crippen LogP contribution is -2.32. The van der Waals surface area contributed by atoms with Gasteiger partial charge in [-0.1, -0.05) is 23.7 Å². The molecule has 0 radical (unpaired) electrons. The quantitative estimate of drug-likeness (QED) is 0.589. The molecule has 0 saturated heterocycles. The summed E-state index contributed by atoms with van der Waals surface area (Å²) in [4.78, 5) is 28.1. The van der Waals surface area contributed by atoms with Crippen molar-refractivity contribution in [2.45, 2.75) is 20.3 Å². The summed E-state index contributed by atoms with van der Waals surface area (Å²) >= 11 is 5.92. The number of carbonyl (C=O) groups is 2. The zero-order chi connectivity index (χ0) is 20.3. The number of ether oxygens (including phenoxy) is 2. The summed E-state index contributed by atoms with van der Waals surface area (Å²) in [5, 5.41) is 5.18. The maximum atomic E-state index is 12.1. The second-order valence-corrected chi connectivity index (χ2v) is 7.41. The summed E-state index contributed by atoms with van der Waals surface area (Å²) in [6, 6.07) is 11.0. The van der Waals surface area contributed by atoms with E-state index in [-0.39, 0.29) is 13.0 Å². The predicted octanol–water partition coefficient (Wildman–Crippen LogP) is 3.33. The highest BCUT2D eigenvalue weighted by Gasteiger charge is 2.30. The molecule has 3 aromatic rings. The molecular weight excluding hydrogens is 382 g/mol. The van der Waals surface area contributed by atoms with E-state index in [2.05, 4.69) is 10.1 Å². The molecule has 3 rings (SSSR count). The third kappa shape index (κ3) is 4.48. The van der Waals surface area contributed by atoms with Crippen molar-refractivity contribution in [1.82, 2.24) is 14.6 Å². The first-order valence-corrected chi connectivity index (χ1v) is 9.01. The Hall–Kier alpha value is -2.93. The van der Waals surface area contributed by atoms with Crippen molar-refractivity contribution in [3.05, 3.63) is 53.3 Å². The van der Waals surface area contributed by atoms with Crippen molar-refractivity contribution in [2.75, 3.05) is 13.7 Å². The summed E-state index contributed by atoms with van der Waals surface area (Å²) in [6.45, 7) is 3.24. The molecule has 146 valence electrons. The Kier molecular flexibility index (Phi) is 5.65. The first kappa shape index (κ1) is 19.8. The van der Waals surface area contributed by atoms with E-state index in [0.717, 1.165) is 11.3 Å². The van der Waals surface area contributed by atoms with Crippen LogP contribution in [0.5, 0.6) is 0 Å². The first-order chi connectivity index (χ1) is 13.3. The summed E-state index contributed by atoms with van der Waals surface area (Å²) < 4.78 is 11.5. The fraction of sp³-hybridized carbons (Fsp3) is 0.300. The molecule has 0 aliphatic carbocycles. The van der Waals surface area contributed by atoms with E-state index >= 15 is 0 Å². The highest BCUT2D eigenvalue weighted by atomic mass is 35.5. The van der Waals surface area contributed by atoms with Crippen molar-refractivity contribution in [1.29, 1.82) is 0 Å². The van der Waals surface area contributed by atoms with Gasteiger partial charge in [-0.25, -0.2) is 9.50 Å². The van der Waals surface area contributed by atoms with Gasteiger partial charge in [-0.2, -0.15) is 5.10 Å². The highest BCUT2D eigenvalue weighted by Crippen LogP contribution is 2.20. The molecular formula is C20H20ClN3O4. The average Bonchev–Trinajstić information content (AvgIpc) is 3.07. The molecule has 0 fully saturated rings. The Bertz CT molecular complexity index is 1010. The van der Waals surface area contributed by atoms with Gasteiger partial charge in [-0.15, -0.1) is 0 Å². The molecule has 0 saturated carbocycles. The molecule has 0 N–H and O–H groups in total. The number of benzene rings is 1. The Morgan fingerprint density at radius 2 is 1.86 bits per heavy atom. The zero-order valence-electron chi connectivity index (χ0n) is 15.8. The van der Waals surface area contributed by atoms with E-state index in [1.807, 2.05) is 24.3 Å². The van der Waals surface area contributed by atoms with Gasteiger partial charge >= 0.3 is 11.9 Å². The van der Waals surface area contributed by atoms with Gasteiger partial charge < -0.3 is 9.47 Å². The van der Waals surface area contributed by atoms with Crippen LogP contribution in [0.1, 0.15) is 19.5 Å². The second-order valence-electron chi connectivity index (χ2n) is 6.97. The summed E-state index contributed by atoms with van der Waals surface area (Å²) in [6.07, 6.45) is 1.67. The molecule has 28 heavy (non-hydrogen) atoms. The van der Waals surface area contributed by atoms with Crippen molar-refractivity contribution < 1.29 is 19.1 Å². The van der Waals surface area contributed by atoms with E-state index in [0.29, 0.717) is 16.4 Å². The molecule has 0 bridgehead atoms. The minimum absolute atomic E-state index is 0.0170. The van der Waals surface area contributed by atoms with Crippen LogP contribution in [-0.2, 0) is 25.5 Å². The number of hydrogen-bond acceptors (Lipinski definition) is 6. The third-order valence-electron chi connectivity index (χ3n) is 4.17. The molecule has 0 aliphatic rings. The molecule has 2 heterocycles. The lowest BCUT2D eigenvalue weighted by Gasteiger charge is -2.20. The highest BCUT2D eigenvalue weighted by molar-refractivity contribution is 6.30. The first-order valence-electron chi connectivity index (χ1n) is 8.64. The van der Waals surface area contributed by atoms with Gasteiger partial charge in [0.15, 0.2) is 5.65 Å². The number of nitrogens with zero attached hydrogens (tertiary/aromatic N) is 3. The van der Waals surface area contributed by atoms with Crippen LogP contribution in [-0.4, -0.2) is 40.3 Å². The van der Waals surface area contributed by atoms with E-state index in [1.165, 1.54) is 7.11 Å². The number of methoxy groups -OCH3 is 1. The topological polar surface area (TPSA) is 82.8 Å². The van der Waals surface area contributed by atoms with Crippen molar-refractivity contribution in [2.24, 2.45) is 5.41 Å². The van der Waals surface area contributed by atoms with Crippen LogP contribution < -0.4 is 0 Å². The van der Waals surface area contributed by atoms with Crippen molar-refractivity contribution in [3.8, 4) is 11.3 Å². The van der Waals surface area contributed by atoms with Crippen LogP contribution in [0.2, 0.25) is 5.02 Å². The number of fused-ring (bicyclic) bond motifs is 1. The number of hydrogen-bond donors (Lipinski definition) is 0. The molecule has 0 atom stereocenters. The fourth-order valence-electron chi connectivity index (χ4n) is 2.59. The Morgan fingerprint density at radius 1 is 1.14 bits per heavy atom. The number of aromatic nitrogens is 3. The standard InChI is InChI=1S/C20H20ClN3O4/c1-20(2,19(26)27-3)12-28-18(25)10-15-11-24-17(22-15)9-8-16(23-24)13-4-6-14(21)7-5-13/h4-9,11H,10,12H2,1-3H3. The van der Waals surface area contributed by atoms with Crippen LogP contribution in [0.3, 0.4) is 0 Å². The summed E-state index contributed by atoms with van der Waals surface area (Å²) in [7, 11) is 1.30. The molecule has 0 unspecified atom stereocenters. The Labute approximate surface area is 167 Å². The smallest absolute Gasteiger partial charge is 0.314 e. The van der Waals surface area contributed by atoms with Crippen LogP contribution in [0.25, 0.3) is 16.9 Å². The maximum absolute atomic E-state index is 12.1. The molecule has 8 heteroatoms. The van der Waals surface area contributed by atoms with Crippen molar-refractivity contribution >= 4 is 29.2 Å². The summed E-state index contributed by atoms with van der Waals surface area (Å²) in [5.41, 5.74) is 1.93. The predicted molar refractivity (Wildman–Crippen MR) is 104 cm³/mol. The minimum Gasteiger partial charge on any atom is -0.469 e. The lowest BCUT2D eigenvalue weighted by atomic mass is 9.95. The van der Waals surface area contributed by atoms with Gasteiger partial charge in [0, 0.05) is 10.6 Å². The molecule has 0 aliphatic heterocycles. The molecule has 0 amide bonds. The second kappa shape index (κ2) is 7.98. The average molecular weight is 402 g/mol. The molecule has 1 aromatic carbocycles. The molecule has 7 nitrogen and oxygen atoms in total. The van der Waals surface area contributed by atoms with Crippen LogP contribution in [0, 0.1) is 5.41 Å². The minimum atomic E-state index is -0.904. The zero-order valence-corrected chi connectivity index (χ0v) is 16.6. The van der Waals surface area contributed by atoms with Crippen LogP contribution in [0.4, 0.5) is 0 Å². The fourth-order valence-corrected chi connectivity index (χ4v) is 2.71. The Balaban J connectivity index is 1.69. The summed E-state index contributed by atoms with van der Waals surface area (Å²) in [5.74, 6) is -0.912. The van der Waals surface area contributed by atoms with E-state index in [1.54, 1.807) is 36.7 Å². The number of halogens is 1. The van der Waals surface area contributed by atoms with E-state index in [4.69, 9.17) is 21.1 Å². The van der Waals surface area contributed by atoms with Gasteiger partial charge in [-0.3, -0.25) is 9.59 Å². The van der Waals surface area contributed by atoms with Gasteiger partial charge in [0.2, 0.25) is 0 Å². The number of esters is 2. The van der Waals surface area contributed by atoms with Crippen LogP contribution >= 0.6 is 11.6 Å². The van der Waals surface area contributed by atoms with Crippen LogP contribution in [0.15, 0.2) is 42.6 Å². The number of imidazole rings is 1. The van der Waals surface area contributed by atoms with Crippen molar-refractivity contribution in [3.63, 3.8) is 0 Å². The molecule has 2 aromatic heterocycles. The van der Waals surface area contributed by atoms with Gasteiger partial charge in [0.1, 0.15) is 6.61 Å². The SMILES string of the molecule is COC(=O)C(C)(C)COC(=O)Cc1cn2nc(-c3ccc(Cl)cc3)ccc2n1. The monoisotopic (exact) mass is 401 g/mol. The number of rotatable bonds is 6. The van der Waals surface area contributed by atoms with E-state index < -0.39 is 17.4 Å². The van der Waals surface area contributed by atoms with Gasteiger partial charge in [0.05, 0.1) is 36.5 Å². The third-order valence-corrected chi connectivity index (χ3v) is 4.42. The number of carbonyl (C=O) groups excluding carboxylic acids is 2. The molecule has 0 spiro atoms. The normalized spacial score (nSPS) is 11.4. The largest absolute Gasteiger partial charge is 0.469 e. The Morgan fingerprint density at radius 3 is 2.54 bits per heavy atom. The van der Waals surface area contributed by atoms with E-state index in [9.17, 15) is 9.59 Å². The van der Waals surface area contributed by atoms with Gasteiger partial charge in [0.25, 0.3) is 0 Å². The van der Waals surface area contributed by atoms with Gasteiger partial charge in [-0.05, 0) is 38.1 Å².